The Balaban J connectivity index is 1.18. The highest BCUT2D eigenvalue weighted by Crippen LogP contribution is 2.55. The second-order valence-corrected chi connectivity index (χ2v) is 11.7. The Hall–Kier alpha value is -3.46. The molecule has 1 aliphatic heterocycles. The minimum atomic E-state index is -0.236. The number of benzene rings is 1. The average Bonchev–Trinajstić information content (AvgIpc) is 3.68. The summed E-state index contributed by atoms with van der Waals surface area (Å²) in [7, 11) is 0. The number of nitrogens with zero attached hydrogens (tertiary/aromatic N) is 3. The van der Waals surface area contributed by atoms with E-state index >= 15 is 0 Å². The largest absolute Gasteiger partial charge is 0.339 e. The van der Waals surface area contributed by atoms with Crippen LogP contribution in [0.15, 0.2) is 49.1 Å². The number of hydrogen-bond acceptors (Lipinski definition) is 5. The molecule has 3 heterocycles. The molecule has 0 unspecified atom stereocenters. The number of hydrogen-bond donors (Lipinski definition) is 2. The van der Waals surface area contributed by atoms with Crippen LogP contribution in [0.1, 0.15) is 60.7 Å². The lowest BCUT2D eigenvalue weighted by molar-refractivity contribution is -0.125. The lowest BCUT2D eigenvalue weighted by Gasteiger charge is -2.46. The van der Waals surface area contributed by atoms with Crippen LogP contribution in [-0.2, 0) is 9.59 Å². The van der Waals surface area contributed by atoms with Crippen molar-refractivity contribution in [2.75, 3.05) is 23.7 Å². The fraction of sp³-hybridized carbons (Fsp3) is 0.429. The molecule has 6 rings (SSSR count). The van der Waals surface area contributed by atoms with E-state index in [1.54, 1.807) is 12.1 Å². The van der Waals surface area contributed by atoms with Gasteiger partial charge in [-0.2, -0.15) is 0 Å². The third kappa shape index (κ3) is 4.45. The molecule has 2 N–H and O–H groups in total. The Kier molecular flexibility index (Phi) is 6.10. The number of imidazole rings is 1. The third-order valence-electron chi connectivity index (χ3n) is 8.25. The molecule has 192 valence electrons. The Morgan fingerprint density at radius 2 is 1.86 bits per heavy atom. The van der Waals surface area contributed by atoms with Crippen molar-refractivity contribution in [1.82, 2.24) is 14.5 Å². The van der Waals surface area contributed by atoms with Crippen LogP contribution in [0.5, 0.6) is 0 Å². The number of rotatable bonds is 6. The van der Waals surface area contributed by atoms with Crippen molar-refractivity contribution in [2.45, 2.75) is 51.0 Å². The molecule has 3 amide bonds. The fourth-order valence-electron chi connectivity index (χ4n) is 6.31. The maximum absolute atomic E-state index is 13.2. The van der Waals surface area contributed by atoms with Gasteiger partial charge in [0.05, 0.1) is 20.9 Å². The van der Waals surface area contributed by atoms with Crippen molar-refractivity contribution in [3.63, 3.8) is 0 Å². The summed E-state index contributed by atoms with van der Waals surface area (Å²) >= 11 is 1.28. The van der Waals surface area contributed by atoms with Crippen molar-refractivity contribution in [2.24, 2.45) is 11.3 Å². The lowest BCUT2D eigenvalue weighted by atomic mass is 9.65. The van der Waals surface area contributed by atoms with Crippen LogP contribution in [0.2, 0.25) is 0 Å². The molecule has 1 aromatic carbocycles. The zero-order valence-corrected chi connectivity index (χ0v) is 21.6. The molecule has 0 radical (unpaired) electrons. The van der Waals surface area contributed by atoms with E-state index in [1.807, 2.05) is 29.2 Å². The van der Waals surface area contributed by atoms with Crippen molar-refractivity contribution in [1.29, 1.82) is 0 Å². The van der Waals surface area contributed by atoms with Gasteiger partial charge < -0.3 is 14.8 Å². The predicted molar refractivity (Wildman–Crippen MR) is 145 cm³/mol. The predicted octanol–water partition coefficient (Wildman–Crippen LogP) is 5.22. The molecule has 2 saturated carbocycles. The molecule has 8 nitrogen and oxygen atoms in total. The minimum absolute atomic E-state index is 0.00360. The summed E-state index contributed by atoms with van der Waals surface area (Å²) in [6, 6.07) is 11.7. The molecule has 2 aliphatic carbocycles. The molecule has 37 heavy (non-hydrogen) atoms. The Morgan fingerprint density at radius 1 is 1.08 bits per heavy atom. The Labute approximate surface area is 219 Å². The monoisotopic (exact) mass is 517 g/mol. The van der Waals surface area contributed by atoms with Crippen LogP contribution in [-0.4, -0.2) is 45.3 Å². The van der Waals surface area contributed by atoms with Gasteiger partial charge in [0.15, 0.2) is 0 Å². The van der Waals surface area contributed by atoms with Crippen LogP contribution < -0.4 is 10.6 Å². The lowest BCUT2D eigenvalue weighted by Crippen LogP contribution is -2.42. The summed E-state index contributed by atoms with van der Waals surface area (Å²) in [5.41, 5.74) is 1.95. The molecule has 1 saturated heterocycles. The summed E-state index contributed by atoms with van der Waals surface area (Å²) in [5, 5.41) is 6.71. The standard InChI is InChI=1S/C28H31N5O3S/c1-2-24(34)32-14-13-28(17-32)15-19(16-28)33-21-10-6-5-9-20(21)29-27(33)31-26(36)22-11-12-23(37-22)30-25(35)18-7-3-4-8-18/h2,5-6,9-12,18-19H,1,3-4,7-8,13-17H2,(H,30,35)(H,29,31,36)/t19-,28-. The maximum atomic E-state index is 13.2. The minimum Gasteiger partial charge on any atom is -0.339 e. The van der Waals surface area contributed by atoms with Gasteiger partial charge in [-0.3, -0.25) is 19.7 Å². The first kappa shape index (κ1) is 23.9. The number of fused-ring (bicyclic) bond motifs is 1. The number of amides is 3. The van der Waals surface area contributed by atoms with Crippen molar-refractivity contribution in [3.8, 4) is 0 Å². The second-order valence-electron chi connectivity index (χ2n) is 10.7. The average molecular weight is 518 g/mol. The van der Waals surface area contributed by atoms with E-state index in [4.69, 9.17) is 4.98 Å². The molecular formula is C28H31N5O3S. The number of anilines is 2. The fourth-order valence-corrected chi connectivity index (χ4v) is 7.12. The van der Waals surface area contributed by atoms with Gasteiger partial charge in [0, 0.05) is 25.0 Å². The van der Waals surface area contributed by atoms with Crippen molar-refractivity contribution in [3.05, 3.63) is 53.9 Å². The zero-order valence-electron chi connectivity index (χ0n) is 20.7. The number of aromatic nitrogens is 2. The molecular weight excluding hydrogens is 486 g/mol. The van der Waals surface area contributed by atoms with E-state index in [9.17, 15) is 14.4 Å². The Morgan fingerprint density at radius 3 is 2.65 bits per heavy atom. The van der Waals surface area contributed by atoms with Gasteiger partial charge in [0.1, 0.15) is 0 Å². The van der Waals surface area contributed by atoms with Crippen LogP contribution in [0.4, 0.5) is 10.9 Å². The van der Waals surface area contributed by atoms with Crippen LogP contribution in [0.3, 0.4) is 0 Å². The quantitative estimate of drug-likeness (QED) is 0.438. The van der Waals surface area contributed by atoms with Gasteiger partial charge in [0.2, 0.25) is 17.8 Å². The SMILES string of the molecule is C=CC(=O)N1CC[C@]2(C1)C[C@H](n1c(NC(=O)c3ccc(NC(=O)C4CCCC4)s3)nc3ccccc31)C2. The van der Waals surface area contributed by atoms with E-state index in [1.165, 1.54) is 17.4 Å². The zero-order chi connectivity index (χ0) is 25.6. The smallest absolute Gasteiger partial charge is 0.268 e. The van der Waals surface area contributed by atoms with Crippen molar-refractivity contribution >= 4 is 51.0 Å². The molecule has 0 atom stereocenters. The molecule has 0 bridgehead atoms. The molecule has 9 heteroatoms. The van der Waals surface area contributed by atoms with Crippen LogP contribution in [0, 0.1) is 11.3 Å². The highest BCUT2D eigenvalue weighted by atomic mass is 32.1. The van der Waals surface area contributed by atoms with E-state index in [0.29, 0.717) is 15.8 Å². The van der Waals surface area contributed by atoms with E-state index in [0.717, 1.165) is 69.1 Å². The van der Waals surface area contributed by atoms with E-state index in [-0.39, 0.29) is 35.1 Å². The molecule has 2 aromatic heterocycles. The summed E-state index contributed by atoms with van der Waals surface area (Å²) < 4.78 is 2.15. The summed E-state index contributed by atoms with van der Waals surface area (Å²) in [6.07, 6.45) is 8.33. The Bertz CT molecular complexity index is 1380. The molecule has 3 fully saturated rings. The van der Waals surface area contributed by atoms with Gasteiger partial charge in [-0.25, -0.2) is 4.98 Å². The third-order valence-corrected chi connectivity index (χ3v) is 9.25. The normalized spacial score (nSPS) is 23.4. The number of likely N-dealkylation sites (tertiary alicyclic amines) is 1. The van der Waals surface area contributed by atoms with E-state index < -0.39 is 0 Å². The van der Waals surface area contributed by atoms with Crippen molar-refractivity contribution < 1.29 is 14.4 Å². The number of carbonyl (C=O) groups is 3. The highest BCUT2D eigenvalue weighted by Gasteiger charge is 2.50. The molecule has 1 spiro atoms. The highest BCUT2D eigenvalue weighted by molar-refractivity contribution is 7.18. The summed E-state index contributed by atoms with van der Waals surface area (Å²) in [6.45, 7) is 5.15. The van der Waals surface area contributed by atoms with Crippen LogP contribution in [0.25, 0.3) is 11.0 Å². The number of nitrogens with one attached hydrogen (secondary N) is 2. The first-order valence-corrected chi connectivity index (χ1v) is 13.9. The molecule has 3 aromatic rings. The summed E-state index contributed by atoms with van der Waals surface area (Å²) in [5.74, 6) is 0.420. The second kappa shape index (κ2) is 9.45. The van der Waals surface area contributed by atoms with Gasteiger partial charge >= 0.3 is 0 Å². The topological polar surface area (TPSA) is 96.3 Å². The van der Waals surface area contributed by atoms with Gasteiger partial charge in [-0.1, -0.05) is 31.6 Å². The van der Waals surface area contributed by atoms with E-state index in [2.05, 4.69) is 21.8 Å². The van der Waals surface area contributed by atoms with Crippen LogP contribution >= 0.6 is 11.3 Å². The van der Waals surface area contributed by atoms with Gasteiger partial charge in [0.25, 0.3) is 5.91 Å². The number of thiophene rings is 1. The van der Waals surface area contributed by atoms with Gasteiger partial charge in [-0.15, -0.1) is 11.3 Å². The number of para-hydroxylation sites is 2. The maximum Gasteiger partial charge on any atom is 0.268 e. The number of carbonyl (C=O) groups excluding carboxylic acids is 3. The van der Waals surface area contributed by atoms with Gasteiger partial charge in [-0.05, 0) is 67.9 Å². The summed E-state index contributed by atoms with van der Waals surface area (Å²) in [4.78, 5) is 44.9. The first-order valence-electron chi connectivity index (χ1n) is 13.1. The molecule has 3 aliphatic rings. The first-order chi connectivity index (χ1) is 17.9.